The molecule has 0 aromatic carbocycles. The summed E-state index contributed by atoms with van der Waals surface area (Å²) in [6.45, 7) is 8.17. The Bertz CT molecular complexity index is 697. The van der Waals surface area contributed by atoms with Crippen LogP contribution in [0, 0.1) is 11.3 Å². The van der Waals surface area contributed by atoms with Gasteiger partial charge < -0.3 is 10.2 Å². The first-order chi connectivity index (χ1) is 12.5. The van der Waals surface area contributed by atoms with Crippen molar-refractivity contribution in [1.29, 1.82) is 0 Å². The first-order valence-electron chi connectivity index (χ1n) is 9.60. The molecule has 1 fully saturated rings. The molecule has 4 nitrogen and oxygen atoms in total. The van der Waals surface area contributed by atoms with E-state index >= 15 is 0 Å². The van der Waals surface area contributed by atoms with Crippen molar-refractivity contribution in [3.63, 3.8) is 0 Å². The molecule has 0 spiro atoms. The maximum atomic E-state index is 12.9. The number of nitrogens with one attached hydrogen (secondary N) is 1. The number of amides is 1. The zero-order valence-corrected chi connectivity index (χ0v) is 16.2. The Morgan fingerprint density at radius 2 is 2.04 bits per heavy atom. The zero-order valence-electron chi connectivity index (χ0n) is 16.2. The van der Waals surface area contributed by atoms with Crippen LogP contribution in [0.15, 0.2) is 12.3 Å². The number of carbonyl (C=O) groups excluding carboxylic acids is 1. The van der Waals surface area contributed by atoms with Crippen LogP contribution >= 0.6 is 0 Å². The van der Waals surface area contributed by atoms with Gasteiger partial charge in [0.1, 0.15) is 0 Å². The summed E-state index contributed by atoms with van der Waals surface area (Å²) in [4.78, 5) is 18.6. The van der Waals surface area contributed by atoms with E-state index in [0.717, 1.165) is 38.1 Å². The van der Waals surface area contributed by atoms with Gasteiger partial charge in [0.25, 0.3) is 0 Å². The van der Waals surface area contributed by atoms with Gasteiger partial charge in [-0.25, -0.2) is 0 Å². The summed E-state index contributed by atoms with van der Waals surface area (Å²) in [7, 11) is 0. The third-order valence-electron chi connectivity index (χ3n) is 5.38. The van der Waals surface area contributed by atoms with Gasteiger partial charge in [0, 0.05) is 49.9 Å². The lowest BCUT2D eigenvalue weighted by Crippen LogP contribution is -2.40. The van der Waals surface area contributed by atoms with Crippen molar-refractivity contribution >= 4 is 5.91 Å². The maximum Gasteiger partial charge on any atom is 0.417 e. The van der Waals surface area contributed by atoms with Crippen molar-refractivity contribution < 1.29 is 18.0 Å². The number of aromatic nitrogens is 1. The molecule has 27 heavy (non-hydrogen) atoms. The Kier molecular flexibility index (Phi) is 5.52. The van der Waals surface area contributed by atoms with E-state index in [2.05, 4.69) is 31.1 Å². The smallest absolute Gasteiger partial charge is 0.338 e. The Labute approximate surface area is 158 Å². The molecule has 1 aliphatic carbocycles. The van der Waals surface area contributed by atoms with Gasteiger partial charge in [0.2, 0.25) is 5.91 Å². The second-order valence-electron chi connectivity index (χ2n) is 8.99. The molecule has 1 amide bonds. The number of nitrogens with zero attached hydrogens (tertiary/aromatic N) is 2. The topological polar surface area (TPSA) is 45.2 Å². The maximum absolute atomic E-state index is 12.9. The van der Waals surface area contributed by atoms with E-state index in [1.165, 1.54) is 0 Å². The van der Waals surface area contributed by atoms with Crippen molar-refractivity contribution in [2.75, 3.05) is 13.1 Å². The average molecular weight is 383 g/mol. The molecule has 1 aliphatic heterocycles. The molecule has 2 aliphatic rings. The average Bonchev–Trinajstić information content (AvgIpc) is 3.06. The van der Waals surface area contributed by atoms with Crippen LogP contribution in [-0.4, -0.2) is 34.9 Å². The summed E-state index contributed by atoms with van der Waals surface area (Å²) >= 11 is 0. The van der Waals surface area contributed by atoms with Gasteiger partial charge in [-0.1, -0.05) is 20.8 Å². The minimum absolute atomic E-state index is 0.0391. The van der Waals surface area contributed by atoms with Crippen molar-refractivity contribution in [3.8, 4) is 0 Å². The number of carbonyl (C=O) groups is 1. The lowest BCUT2D eigenvalue weighted by Gasteiger charge is -2.31. The second-order valence-corrected chi connectivity index (χ2v) is 8.99. The molecule has 150 valence electrons. The molecule has 1 saturated carbocycles. The van der Waals surface area contributed by atoms with Gasteiger partial charge in [-0.05, 0) is 36.3 Å². The van der Waals surface area contributed by atoms with Crippen LogP contribution in [0.2, 0.25) is 0 Å². The summed E-state index contributed by atoms with van der Waals surface area (Å²) in [6, 6.07) is 1.48. The van der Waals surface area contributed by atoms with Crippen molar-refractivity contribution in [2.24, 2.45) is 11.3 Å². The molecular formula is C20H28F3N3O. The van der Waals surface area contributed by atoms with Crippen molar-refractivity contribution in [2.45, 2.75) is 65.2 Å². The first-order valence-corrected chi connectivity index (χ1v) is 9.60. The van der Waals surface area contributed by atoms with Gasteiger partial charge in [-0.3, -0.25) is 9.78 Å². The highest BCUT2D eigenvalue weighted by Gasteiger charge is 2.36. The fourth-order valence-corrected chi connectivity index (χ4v) is 3.87. The van der Waals surface area contributed by atoms with E-state index in [9.17, 15) is 18.0 Å². The molecule has 0 bridgehead atoms. The van der Waals surface area contributed by atoms with Gasteiger partial charge in [0.05, 0.1) is 5.56 Å². The fraction of sp³-hybridized carbons (Fsp3) is 0.700. The largest absolute Gasteiger partial charge is 0.417 e. The number of rotatable bonds is 3. The van der Waals surface area contributed by atoms with E-state index in [-0.39, 0.29) is 23.8 Å². The van der Waals surface area contributed by atoms with Crippen LogP contribution in [0.25, 0.3) is 0 Å². The van der Waals surface area contributed by atoms with Crippen LogP contribution in [0.3, 0.4) is 0 Å². The van der Waals surface area contributed by atoms with E-state index in [0.29, 0.717) is 30.3 Å². The third-order valence-corrected chi connectivity index (χ3v) is 5.38. The van der Waals surface area contributed by atoms with Gasteiger partial charge in [0.15, 0.2) is 0 Å². The summed E-state index contributed by atoms with van der Waals surface area (Å²) < 4.78 is 38.8. The SMILES string of the molecule is CC(C)(C)CNC1CC[C@H](C(=O)N2CCc3ncc(C(F)(F)F)cc3C2)C1. The summed E-state index contributed by atoms with van der Waals surface area (Å²) in [5.41, 5.74) is 0.637. The number of halogens is 3. The molecule has 2 atom stereocenters. The normalized spacial score (nSPS) is 23.4. The van der Waals surface area contributed by atoms with Crippen LogP contribution in [-0.2, 0) is 23.9 Å². The Balaban J connectivity index is 1.61. The van der Waals surface area contributed by atoms with Gasteiger partial charge in [-0.15, -0.1) is 0 Å². The predicted octanol–water partition coefficient (Wildman–Crippen LogP) is 3.79. The molecule has 2 heterocycles. The summed E-state index contributed by atoms with van der Waals surface area (Å²) in [5.74, 6) is 0.0286. The standard InChI is InChI=1S/C20H28F3N3O/c1-19(2,3)12-25-16-5-4-13(9-16)18(27)26-7-6-17-14(11-26)8-15(10-24-17)20(21,22)23/h8,10,13,16,25H,4-7,9,11-12H2,1-3H3/t13-,16?/m0/s1. The number of alkyl halides is 3. The first kappa shape index (κ1) is 20.1. The molecule has 0 radical (unpaired) electrons. The van der Waals surface area contributed by atoms with Crippen molar-refractivity contribution in [3.05, 3.63) is 29.1 Å². The fourth-order valence-electron chi connectivity index (χ4n) is 3.87. The van der Waals surface area contributed by atoms with Crippen LogP contribution in [0.4, 0.5) is 13.2 Å². The Morgan fingerprint density at radius 3 is 2.70 bits per heavy atom. The second kappa shape index (κ2) is 7.41. The lowest BCUT2D eigenvalue weighted by molar-refractivity contribution is -0.137. The molecule has 0 saturated heterocycles. The highest BCUT2D eigenvalue weighted by atomic mass is 19.4. The van der Waals surface area contributed by atoms with Crippen molar-refractivity contribution in [1.82, 2.24) is 15.2 Å². The zero-order chi connectivity index (χ0) is 19.8. The van der Waals surface area contributed by atoms with E-state index < -0.39 is 11.7 Å². The molecular weight excluding hydrogens is 355 g/mol. The molecule has 1 aromatic rings. The van der Waals surface area contributed by atoms with Gasteiger partial charge >= 0.3 is 6.18 Å². The van der Waals surface area contributed by atoms with E-state index in [1.54, 1.807) is 4.90 Å². The van der Waals surface area contributed by atoms with E-state index in [4.69, 9.17) is 0 Å². The molecule has 3 rings (SSSR count). The lowest BCUT2D eigenvalue weighted by atomic mass is 9.96. The number of hydrogen-bond donors (Lipinski definition) is 1. The summed E-state index contributed by atoms with van der Waals surface area (Å²) in [5, 5.41) is 3.54. The minimum Gasteiger partial charge on any atom is -0.338 e. The Morgan fingerprint density at radius 1 is 1.30 bits per heavy atom. The number of fused-ring (bicyclic) bond motifs is 1. The monoisotopic (exact) mass is 383 g/mol. The highest BCUT2D eigenvalue weighted by Crippen LogP contribution is 2.33. The third kappa shape index (κ3) is 5.00. The van der Waals surface area contributed by atoms with Gasteiger partial charge in [-0.2, -0.15) is 13.2 Å². The van der Waals surface area contributed by atoms with Crippen LogP contribution in [0.1, 0.15) is 56.9 Å². The molecule has 7 heteroatoms. The number of hydrogen-bond acceptors (Lipinski definition) is 3. The quantitative estimate of drug-likeness (QED) is 0.864. The van der Waals surface area contributed by atoms with E-state index in [1.807, 2.05) is 0 Å². The molecule has 1 unspecified atom stereocenters. The minimum atomic E-state index is -4.41. The number of pyridine rings is 1. The van der Waals surface area contributed by atoms with Crippen LogP contribution < -0.4 is 5.32 Å². The molecule has 1 aromatic heterocycles. The molecule has 1 N–H and O–H groups in total. The predicted molar refractivity (Wildman–Crippen MR) is 96.9 cm³/mol. The van der Waals surface area contributed by atoms with Crippen LogP contribution in [0.5, 0.6) is 0 Å². The Hall–Kier alpha value is -1.63. The highest BCUT2D eigenvalue weighted by molar-refractivity contribution is 5.79. The summed E-state index contributed by atoms with van der Waals surface area (Å²) in [6.07, 6.45) is -0.400.